The summed E-state index contributed by atoms with van der Waals surface area (Å²) in [4.78, 5) is 26.0. The Balaban J connectivity index is 2.23. The molecule has 1 aromatic rings. The van der Waals surface area contributed by atoms with E-state index in [1.165, 1.54) is 6.07 Å². The first kappa shape index (κ1) is 15.8. The lowest BCUT2D eigenvalue weighted by atomic mass is 9.96. The Bertz CT molecular complexity index is 584. The monoisotopic (exact) mass is 292 g/mol. The van der Waals surface area contributed by atoms with Crippen LogP contribution in [0.2, 0.25) is 0 Å². The second-order valence-corrected chi connectivity index (χ2v) is 5.92. The van der Waals surface area contributed by atoms with Crippen LogP contribution in [-0.4, -0.2) is 40.2 Å². The zero-order chi connectivity index (χ0) is 15.6. The number of nitrogens with zero attached hydrogens (tertiary/aromatic N) is 2. The van der Waals surface area contributed by atoms with Crippen LogP contribution in [0.25, 0.3) is 0 Å². The van der Waals surface area contributed by atoms with Crippen molar-refractivity contribution in [3.8, 4) is 0 Å². The number of carboxylic acid groups (broad SMARTS) is 1. The third kappa shape index (κ3) is 3.35. The van der Waals surface area contributed by atoms with E-state index in [9.17, 15) is 14.7 Å². The van der Waals surface area contributed by atoms with Gasteiger partial charge in [-0.05, 0) is 57.8 Å². The Morgan fingerprint density at radius 3 is 2.48 bits per heavy atom. The molecule has 5 nitrogen and oxygen atoms in total. The maximum absolute atomic E-state index is 12.2. The van der Waals surface area contributed by atoms with Crippen molar-refractivity contribution >= 4 is 5.97 Å². The summed E-state index contributed by atoms with van der Waals surface area (Å²) in [5.74, 6) is -0.506. The van der Waals surface area contributed by atoms with Crippen molar-refractivity contribution < 1.29 is 9.90 Å². The molecule has 0 radical (unpaired) electrons. The molecular formula is C16H24N2O3. The molecule has 0 spiro atoms. The summed E-state index contributed by atoms with van der Waals surface area (Å²) in [6, 6.07) is 1.44. The van der Waals surface area contributed by atoms with Gasteiger partial charge in [0.15, 0.2) is 0 Å². The Labute approximate surface area is 125 Å². The van der Waals surface area contributed by atoms with Crippen molar-refractivity contribution in [2.24, 2.45) is 5.92 Å². The lowest BCUT2D eigenvalue weighted by molar-refractivity contribution is 0.0693. The van der Waals surface area contributed by atoms with E-state index >= 15 is 0 Å². The largest absolute Gasteiger partial charge is 0.478 e. The van der Waals surface area contributed by atoms with Gasteiger partial charge in [0.25, 0.3) is 5.56 Å². The first-order valence-corrected chi connectivity index (χ1v) is 7.60. The number of aromatic nitrogens is 1. The smallest absolute Gasteiger partial charge is 0.337 e. The molecule has 0 aliphatic carbocycles. The van der Waals surface area contributed by atoms with Gasteiger partial charge < -0.3 is 14.6 Å². The normalized spacial score (nSPS) is 17.1. The van der Waals surface area contributed by atoms with Gasteiger partial charge in [-0.25, -0.2) is 4.79 Å². The van der Waals surface area contributed by atoms with Crippen molar-refractivity contribution in [1.82, 2.24) is 9.47 Å². The molecule has 0 saturated carbocycles. The Morgan fingerprint density at radius 2 is 1.95 bits per heavy atom. The zero-order valence-corrected chi connectivity index (χ0v) is 13.1. The van der Waals surface area contributed by atoms with E-state index in [2.05, 4.69) is 11.8 Å². The van der Waals surface area contributed by atoms with E-state index in [0.29, 0.717) is 23.7 Å². The van der Waals surface area contributed by atoms with Gasteiger partial charge in [-0.2, -0.15) is 0 Å². The van der Waals surface area contributed by atoms with Crippen LogP contribution in [0.5, 0.6) is 0 Å². The first-order chi connectivity index (χ1) is 9.93. The third-order valence-electron chi connectivity index (χ3n) is 4.58. The van der Waals surface area contributed by atoms with E-state index in [0.717, 1.165) is 32.5 Å². The molecule has 1 saturated heterocycles. The SMILES string of the molecule is CCN1CCC(Cn2c(C)c(C(=O)O)c(C)cc2=O)CC1. The minimum Gasteiger partial charge on any atom is -0.478 e. The van der Waals surface area contributed by atoms with Crippen LogP contribution in [0.15, 0.2) is 10.9 Å². The molecule has 1 N–H and O–H groups in total. The van der Waals surface area contributed by atoms with Gasteiger partial charge in [0.05, 0.1) is 5.56 Å². The van der Waals surface area contributed by atoms with E-state index in [-0.39, 0.29) is 11.1 Å². The van der Waals surface area contributed by atoms with Crippen LogP contribution in [0.3, 0.4) is 0 Å². The molecule has 1 aromatic heterocycles. The molecule has 0 amide bonds. The van der Waals surface area contributed by atoms with Crippen molar-refractivity contribution in [1.29, 1.82) is 0 Å². The topological polar surface area (TPSA) is 62.5 Å². The van der Waals surface area contributed by atoms with Crippen LogP contribution < -0.4 is 5.56 Å². The molecule has 0 bridgehead atoms. The quantitative estimate of drug-likeness (QED) is 0.920. The minimum atomic E-state index is -0.959. The molecule has 1 aliphatic rings. The Morgan fingerprint density at radius 1 is 1.33 bits per heavy atom. The second kappa shape index (κ2) is 6.43. The van der Waals surface area contributed by atoms with Crippen LogP contribution in [0.1, 0.15) is 41.4 Å². The number of carboxylic acids is 1. The van der Waals surface area contributed by atoms with Gasteiger partial charge in [0, 0.05) is 18.3 Å². The molecule has 0 atom stereocenters. The molecule has 0 unspecified atom stereocenters. The highest BCUT2D eigenvalue weighted by atomic mass is 16.4. The highest BCUT2D eigenvalue weighted by Gasteiger charge is 2.21. The van der Waals surface area contributed by atoms with Crippen molar-refractivity contribution in [3.05, 3.63) is 33.2 Å². The summed E-state index contributed by atoms with van der Waals surface area (Å²) >= 11 is 0. The predicted molar refractivity (Wildman–Crippen MR) is 82.0 cm³/mol. The number of hydrogen-bond donors (Lipinski definition) is 1. The number of aromatic carboxylic acids is 1. The number of carbonyl (C=O) groups is 1. The van der Waals surface area contributed by atoms with Gasteiger partial charge in [-0.1, -0.05) is 6.92 Å². The first-order valence-electron chi connectivity index (χ1n) is 7.60. The minimum absolute atomic E-state index is 0.0899. The van der Waals surface area contributed by atoms with Crippen molar-refractivity contribution in [3.63, 3.8) is 0 Å². The maximum Gasteiger partial charge on any atom is 0.337 e. The number of piperidine rings is 1. The van der Waals surface area contributed by atoms with Crippen LogP contribution in [0.4, 0.5) is 0 Å². The summed E-state index contributed by atoms with van der Waals surface area (Å²) < 4.78 is 1.64. The van der Waals surface area contributed by atoms with E-state index in [1.807, 2.05) is 0 Å². The fraction of sp³-hybridized carbons (Fsp3) is 0.625. The van der Waals surface area contributed by atoms with E-state index < -0.39 is 5.97 Å². The summed E-state index contributed by atoms with van der Waals surface area (Å²) in [6.45, 7) is 9.40. The summed E-state index contributed by atoms with van der Waals surface area (Å²) in [5, 5.41) is 9.31. The van der Waals surface area contributed by atoms with Gasteiger partial charge in [0.1, 0.15) is 0 Å². The predicted octanol–water partition coefficient (Wildman–Crippen LogP) is 1.90. The number of likely N-dealkylation sites (tertiary alicyclic amines) is 1. The molecule has 1 fully saturated rings. The van der Waals surface area contributed by atoms with Crippen molar-refractivity contribution in [2.45, 2.75) is 40.2 Å². The highest BCUT2D eigenvalue weighted by Crippen LogP contribution is 2.20. The molecule has 0 aromatic carbocycles. The summed E-state index contributed by atoms with van der Waals surface area (Å²) in [7, 11) is 0. The summed E-state index contributed by atoms with van der Waals surface area (Å²) in [5.41, 5.74) is 1.29. The van der Waals surface area contributed by atoms with Gasteiger partial charge in [-0.15, -0.1) is 0 Å². The second-order valence-electron chi connectivity index (χ2n) is 5.92. The average Bonchev–Trinajstić information content (AvgIpc) is 2.43. The zero-order valence-electron chi connectivity index (χ0n) is 13.1. The fourth-order valence-corrected chi connectivity index (χ4v) is 3.21. The molecule has 21 heavy (non-hydrogen) atoms. The van der Waals surface area contributed by atoms with Gasteiger partial charge >= 0.3 is 5.97 Å². The highest BCUT2D eigenvalue weighted by molar-refractivity contribution is 5.90. The van der Waals surface area contributed by atoms with Crippen LogP contribution in [-0.2, 0) is 6.54 Å². The number of aryl methyl sites for hydroxylation is 1. The molecular weight excluding hydrogens is 268 g/mol. The molecule has 2 rings (SSSR count). The van der Waals surface area contributed by atoms with Crippen LogP contribution >= 0.6 is 0 Å². The third-order valence-corrected chi connectivity index (χ3v) is 4.58. The average molecular weight is 292 g/mol. The Hall–Kier alpha value is -1.62. The fourth-order valence-electron chi connectivity index (χ4n) is 3.21. The summed E-state index contributed by atoms with van der Waals surface area (Å²) in [6.07, 6.45) is 2.13. The molecule has 5 heteroatoms. The van der Waals surface area contributed by atoms with E-state index in [1.54, 1.807) is 18.4 Å². The lowest BCUT2D eigenvalue weighted by Gasteiger charge is -2.31. The number of rotatable bonds is 4. The lowest BCUT2D eigenvalue weighted by Crippen LogP contribution is -2.37. The van der Waals surface area contributed by atoms with Crippen LogP contribution in [0, 0.1) is 19.8 Å². The number of pyridine rings is 1. The van der Waals surface area contributed by atoms with Gasteiger partial charge in [0.2, 0.25) is 0 Å². The number of hydrogen-bond acceptors (Lipinski definition) is 3. The Kier molecular flexibility index (Phi) is 4.83. The molecule has 2 heterocycles. The molecule has 1 aliphatic heterocycles. The van der Waals surface area contributed by atoms with Gasteiger partial charge in [-0.3, -0.25) is 4.79 Å². The van der Waals surface area contributed by atoms with E-state index in [4.69, 9.17) is 0 Å². The standard InChI is InChI=1S/C16H24N2O3/c1-4-17-7-5-13(6-8-17)10-18-12(3)15(16(20)21)11(2)9-14(18)19/h9,13H,4-8,10H2,1-3H3,(H,20,21). The van der Waals surface area contributed by atoms with Crippen molar-refractivity contribution in [2.75, 3.05) is 19.6 Å². The molecule has 116 valence electrons. The maximum atomic E-state index is 12.2.